The van der Waals surface area contributed by atoms with Crippen molar-refractivity contribution < 1.29 is 55.7 Å². The largest absolute Gasteiger partial charge is 2.00 e. The number of rotatable bonds is 9. The maximum Gasteiger partial charge on any atom is 2.00 e. The molecule has 0 unspecified atom stereocenters. The van der Waals surface area contributed by atoms with Gasteiger partial charge in [-0.25, -0.2) is 0 Å². The van der Waals surface area contributed by atoms with Crippen molar-refractivity contribution in [2.45, 2.75) is 13.1 Å². The molecule has 0 fully saturated rings. The molecule has 0 aromatic carbocycles. The van der Waals surface area contributed by atoms with Gasteiger partial charge in [-0.3, -0.25) is 9.97 Å². The van der Waals surface area contributed by atoms with E-state index >= 15 is 0 Å². The third-order valence-electron chi connectivity index (χ3n) is 3.12. The van der Waals surface area contributed by atoms with Gasteiger partial charge in [0.05, 0.1) is 34.7 Å². The van der Waals surface area contributed by atoms with Crippen molar-refractivity contribution in [3.63, 3.8) is 0 Å². The first kappa shape index (κ1) is 30.4. The van der Waals surface area contributed by atoms with Crippen molar-refractivity contribution in [2.24, 2.45) is 0 Å². The molecular formula is C16H22N4O7Zn. The third kappa shape index (κ3) is 10.1. The van der Waals surface area contributed by atoms with Crippen LogP contribution in [0.4, 0.5) is 0 Å². The molecule has 0 atom stereocenters. The molecule has 0 aliphatic carbocycles. The number of carbonyl (C=O) groups excluding carboxylic acids is 2. The number of hydrogen-bond acceptors (Lipinski definition) is 8. The summed E-state index contributed by atoms with van der Waals surface area (Å²) in [5.74, 6) is -2.60. The van der Waals surface area contributed by atoms with E-state index in [9.17, 15) is 19.8 Å². The second-order valence-corrected chi connectivity index (χ2v) is 4.96. The molecule has 12 heteroatoms. The van der Waals surface area contributed by atoms with Crippen molar-refractivity contribution in [3.05, 3.63) is 59.2 Å². The SMILES string of the molecule is O.O.O.O=C([O-])c1cccc(CNCCNCc2cccc(C(=O)[O-])n2)n1.[Zn+2]. The van der Waals surface area contributed by atoms with Gasteiger partial charge in [0, 0.05) is 26.2 Å². The van der Waals surface area contributed by atoms with Crippen LogP contribution in [0.15, 0.2) is 36.4 Å². The Morgan fingerprint density at radius 3 is 1.43 bits per heavy atom. The van der Waals surface area contributed by atoms with Crippen LogP contribution in [0.2, 0.25) is 0 Å². The van der Waals surface area contributed by atoms with Crippen molar-refractivity contribution in [3.8, 4) is 0 Å². The van der Waals surface area contributed by atoms with E-state index in [0.717, 1.165) is 0 Å². The topological polar surface area (TPSA) is 225 Å². The van der Waals surface area contributed by atoms with Crippen molar-refractivity contribution in [2.75, 3.05) is 13.1 Å². The molecule has 2 rings (SSSR count). The number of nitrogens with one attached hydrogen (secondary N) is 2. The van der Waals surface area contributed by atoms with E-state index in [2.05, 4.69) is 20.6 Å². The summed E-state index contributed by atoms with van der Waals surface area (Å²) in [6, 6.07) is 9.44. The molecular weight excluding hydrogens is 426 g/mol. The summed E-state index contributed by atoms with van der Waals surface area (Å²) in [5.41, 5.74) is 1.04. The maximum atomic E-state index is 10.7. The number of aromatic nitrogens is 2. The molecule has 0 spiro atoms. The van der Waals surface area contributed by atoms with Gasteiger partial charge in [0.1, 0.15) is 0 Å². The van der Waals surface area contributed by atoms with Gasteiger partial charge in [0.15, 0.2) is 0 Å². The minimum Gasteiger partial charge on any atom is -0.543 e. The molecule has 0 radical (unpaired) electrons. The van der Waals surface area contributed by atoms with Crippen LogP contribution >= 0.6 is 0 Å². The van der Waals surface area contributed by atoms with Gasteiger partial charge in [-0.05, 0) is 24.3 Å². The monoisotopic (exact) mass is 446 g/mol. The van der Waals surface area contributed by atoms with Gasteiger partial charge in [-0.15, -0.1) is 0 Å². The molecule has 11 nitrogen and oxygen atoms in total. The minimum atomic E-state index is -1.30. The Hall–Kier alpha value is -2.34. The number of hydrogen-bond donors (Lipinski definition) is 2. The fourth-order valence-electron chi connectivity index (χ4n) is 1.99. The molecule has 150 valence electrons. The smallest absolute Gasteiger partial charge is 0.543 e. The Morgan fingerprint density at radius 2 is 1.11 bits per heavy atom. The normalized spacial score (nSPS) is 9.00. The zero-order valence-corrected chi connectivity index (χ0v) is 18.0. The number of carbonyl (C=O) groups is 2. The number of pyridine rings is 2. The van der Waals surface area contributed by atoms with Gasteiger partial charge >= 0.3 is 19.5 Å². The van der Waals surface area contributed by atoms with Gasteiger partial charge in [-0.2, -0.15) is 0 Å². The molecule has 28 heavy (non-hydrogen) atoms. The van der Waals surface area contributed by atoms with Crippen LogP contribution in [0.5, 0.6) is 0 Å². The summed E-state index contributed by atoms with van der Waals surface area (Å²) >= 11 is 0. The first-order chi connectivity index (χ1) is 11.6. The minimum absolute atomic E-state index is 0. The number of carboxylic acids is 2. The van der Waals surface area contributed by atoms with Crippen LogP contribution in [-0.4, -0.2) is 51.4 Å². The van der Waals surface area contributed by atoms with E-state index in [-0.39, 0.29) is 47.3 Å². The van der Waals surface area contributed by atoms with Crippen LogP contribution in [0.25, 0.3) is 0 Å². The summed E-state index contributed by atoms with van der Waals surface area (Å²) in [7, 11) is 0. The number of nitrogens with zero attached hydrogens (tertiary/aromatic N) is 2. The van der Waals surface area contributed by atoms with Gasteiger partial charge in [0.25, 0.3) is 0 Å². The Kier molecular flexibility index (Phi) is 17.0. The Morgan fingerprint density at radius 1 is 0.750 bits per heavy atom. The molecule has 0 saturated heterocycles. The van der Waals surface area contributed by atoms with Crippen LogP contribution in [0.3, 0.4) is 0 Å². The fourth-order valence-corrected chi connectivity index (χ4v) is 1.99. The molecule has 0 aliphatic heterocycles. The van der Waals surface area contributed by atoms with E-state index in [1.165, 1.54) is 12.1 Å². The molecule has 8 N–H and O–H groups in total. The summed E-state index contributed by atoms with van der Waals surface area (Å²) in [4.78, 5) is 29.3. The zero-order valence-electron chi connectivity index (χ0n) is 15.0. The number of carboxylic acid groups (broad SMARTS) is 2. The Labute approximate surface area is 173 Å². The van der Waals surface area contributed by atoms with E-state index in [1.807, 2.05) is 0 Å². The summed E-state index contributed by atoms with van der Waals surface area (Å²) < 4.78 is 0. The van der Waals surface area contributed by atoms with Crippen LogP contribution in [0, 0.1) is 0 Å². The van der Waals surface area contributed by atoms with E-state index in [4.69, 9.17) is 0 Å². The van der Waals surface area contributed by atoms with E-state index < -0.39 is 11.9 Å². The van der Waals surface area contributed by atoms with Crippen molar-refractivity contribution in [1.82, 2.24) is 20.6 Å². The first-order valence-corrected chi connectivity index (χ1v) is 7.32. The van der Waals surface area contributed by atoms with Gasteiger partial charge < -0.3 is 46.9 Å². The fraction of sp³-hybridized carbons (Fsp3) is 0.250. The zero-order chi connectivity index (χ0) is 17.4. The molecule has 2 aromatic rings. The molecule has 0 saturated carbocycles. The van der Waals surface area contributed by atoms with Crippen LogP contribution in [0.1, 0.15) is 32.4 Å². The second-order valence-electron chi connectivity index (χ2n) is 4.96. The predicted molar refractivity (Wildman–Crippen MR) is 91.4 cm³/mol. The summed E-state index contributed by atoms with van der Waals surface area (Å²) in [5, 5.41) is 27.7. The Balaban J connectivity index is -0.00000156. The van der Waals surface area contributed by atoms with Crippen LogP contribution in [-0.2, 0) is 32.6 Å². The molecule has 0 bridgehead atoms. The second kappa shape index (κ2) is 15.7. The van der Waals surface area contributed by atoms with E-state index in [1.54, 1.807) is 24.3 Å². The predicted octanol–water partition coefficient (Wildman–Crippen LogP) is -4.39. The molecule has 0 aliphatic rings. The van der Waals surface area contributed by atoms with E-state index in [0.29, 0.717) is 37.6 Å². The van der Waals surface area contributed by atoms with Crippen molar-refractivity contribution in [1.29, 1.82) is 0 Å². The third-order valence-corrected chi connectivity index (χ3v) is 3.12. The first-order valence-electron chi connectivity index (χ1n) is 7.32. The van der Waals surface area contributed by atoms with Gasteiger partial charge in [0.2, 0.25) is 0 Å². The average molecular weight is 448 g/mol. The quantitative estimate of drug-likeness (QED) is 0.281. The summed E-state index contributed by atoms with van der Waals surface area (Å²) in [6.07, 6.45) is 0. The van der Waals surface area contributed by atoms with Crippen LogP contribution < -0.4 is 20.8 Å². The summed E-state index contributed by atoms with van der Waals surface area (Å²) in [6.45, 7) is 2.11. The average Bonchev–Trinajstić information content (AvgIpc) is 2.58. The molecule has 2 heterocycles. The standard InChI is InChI=1S/C16H18N4O4.3H2O.Zn/c21-15(22)13-5-1-3-11(19-13)9-17-7-8-18-10-12-4-2-6-14(20-12)16(23)24;;;;/h1-6,17-18H,7-10H2,(H,21,22)(H,23,24);3*1H2;/q;;;;+2/p-2. The van der Waals surface area contributed by atoms with Gasteiger partial charge in [-0.1, -0.05) is 12.1 Å². The number of aromatic carboxylic acids is 2. The molecule has 2 aromatic heterocycles. The maximum absolute atomic E-state index is 10.7. The van der Waals surface area contributed by atoms with Crippen molar-refractivity contribution >= 4 is 11.9 Å². The Bertz CT molecular complexity index is 672. The molecule has 0 amide bonds.